The van der Waals surface area contributed by atoms with E-state index in [0.29, 0.717) is 12.4 Å². The van der Waals surface area contributed by atoms with Crippen molar-refractivity contribution in [2.75, 3.05) is 20.2 Å². The zero-order chi connectivity index (χ0) is 17.9. The molecule has 0 aliphatic carbocycles. The number of nitrogens with zero attached hydrogens (tertiary/aromatic N) is 3. The van der Waals surface area contributed by atoms with Crippen LogP contribution in [-0.4, -0.2) is 41.3 Å². The summed E-state index contributed by atoms with van der Waals surface area (Å²) in [6, 6.07) is 7.67. The SMILES string of the molecule is CCCCCNC(=NCc1nc(-c2ccc(OC)cc2)n[nH]1)NCC.I. The van der Waals surface area contributed by atoms with Crippen molar-refractivity contribution in [3.8, 4) is 17.1 Å². The van der Waals surface area contributed by atoms with Gasteiger partial charge in [0, 0.05) is 18.7 Å². The van der Waals surface area contributed by atoms with Crippen LogP contribution in [0.25, 0.3) is 11.4 Å². The molecule has 0 atom stereocenters. The Bertz CT molecular complexity index is 656. The van der Waals surface area contributed by atoms with Gasteiger partial charge in [-0.3, -0.25) is 5.10 Å². The number of hydrogen-bond acceptors (Lipinski definition) is 4. The molecule has 0 saturated heterocycles. The Morgan fingerprint density at radius 3 is 2.58 bits per heavy atom. The van der Waals surface area contributed by atoms with Crippen LogP contribution >= 0.6 is 24.0 Å². The fourth-order valence-electron chi connectivity index (χ4n) is 2.31. The molecule has 26 heavy (non-hydrogen) atoms. The first-order valence-corrected chi connectivity index (χ1v) is 8.84. The van der Waals surface area contributed by atoms with Crippen molar-refractivity contribution in [1.29, 1.82) is 0 Å². The lowest BCUT2D eigenvalue weighted by Gasteiger charge is -2.10. The summed E-state index contributed by atoms with van der Waals surface area (Å²) < 4.78 is 5.17. The van der Waals surface area contributed by atoms with E-state index in [1.807, 2.05) is 24.3 Å². The van der Waals surface area contributed by atoms with Crippen LogP contribution in [0.2, 0.25) is 0 Å². The van der Waals surface area contributed by atoms with Gasteiger partial charge in [-0.2, -0.15) is 5.10 Å². The molecule has 3 N–H and O–H groups in total. The third-order valence-corrected chi connectivity index (χ3v) is 3.68. The molecule has 1 heterocycles. The van der Waals surface area contributed by atoms with Gasteiger partial charge in [0.2, 0.25) is 0 Å². The first kappa shape index (κ1) is 22.2. The molecule has 0 bridgehead atoms. The van der Waals surface area contributed by atoms with Crippen LogP contribution < -0.4 is 15.4 Å². The topological polar surface area (TPSA) is 87.2 Å². The molecule has 0 radical (unpaired) electrons. The highest BCUT2D eigenvalue weighted by Crippen LogP contribution is 2.18. The van der Waals surface area contributed by atoms with Crippen molar-refractivity contribution in [3.05, 3.63) is 30.1 Å². The molecule has 0 spiro atoms. The third kappa shape index (κ3) is 7.19. The first-order chi connectivity index (χ1) is 12.3. The fraction of sp³-hybridized carbons (Fsp3) is 0.500. The number of hydrogen-bond donors (Lipinski definition) is 3. The van der Waals surface area contributed by atoms with Crippen molar-refractivity contribution in [3.63, 3.8) is 0 Å². The molecule has 7 nitrogen and oxygen atoms in total. The van der Waals surface area contributed by atoms with Crippen LogP contribution in [0.5, 0.6) is 5.75 Å². The second kappa shape index (κ2) is 12.5. The molecule has 0 aliphatic heterocycles. The van der Waals surface area contributed by atoms with Gasteiger partial charge in [-0.15, -0.1) is 24.0 Å². The molecule has 2 aromatic rings. The van der Waals surface area contributed by atoms with Gasteiger partial charge in [-0.05, 0) is 37.6 Å². The van der Waals surface area contributed by atoms with Crippen molar-refractivity contribution < 1.29 is 4.74 Å². The number of benzene rings is 1. The summed E-state index contributed by atoms with van der Waals surface area (Å²) in [5.41, 5.74) is 0.942. The fourth-order valence-corrected chi connectivity index (χ4v) is 2.31. The molecule has 1 aromatic carbocycles. The molecule has 8 heteroatoms. The minimum absolute atomic E-state index is 0. The van der Waals surface area contributed by atoms with E-state index in [1.165, 1.54) is 12.8 Å². The molecule has 1 aromatic heterocycles. The molecular weight excluding hydrogens is 443 g/mol. The van der Waals surface area contributed by atoms with Crippen molar-refractivity contribution in [1.82, 2.24) is 25.8 Å². The summed E-state index contributed by atoms with van der Waals surface area (Å²) in [6.45, 7) is 6.45. The largest absolute Gasteiger partial charge is 0.497 e. The third-order valence-electron chi connectivity index (χ3n) is 3.68. The average molecular weight is 472 g/mol. The zero-order valence-electron chi connectivity index (χ0n) is 15.7. The van der Waals surface area contributed by atoms with Gasteiger partial charge in [0.05, 0.1) is 7.11 Å². The summed E-state index contributed by atoms with van der Waals surface area (Å²) in [7, 11) is 1.65. The number of rotatable bonds is 9. The molecule has 0 saturated carbocycles. The van der Waals surface area contributed by atoms with E-state index < -0.39 is 0 Å². The number of nitrogens with one attached hydrogen (secondary N) is 3. The number of guanidine groups is 1. The van der Waals surface area contributed by atoms with E-state index in [0.717, 1.165) is 42.6 Å². The average Bonchev–Trinajstić information content (AvgIpc) is 3.12. The van der Waals surface area contributed by atoms with Crippen LogP contribution in [0.15, 0.2) is 29.3 Å². The Hall–Kier alpha value is -1.84. The minimum Gasteiger partial charge on any atom is -0.497 e. The summed E-state index contributed by atoms with van der Waals surface area (Å²) in [4.78, 5) is 9.06. The number of aliphatic imine (C=N–C) groups is 1. The van der Waals surface area contributed by atoms with E-state index in [4.69, 9.17) is 4.74 Å². The van der Waals surface area contributed by atoms with Gasteiger partial charge < -0.3 is 15.4 Å². The van der Waals surface area contributed by atoms with Crippen molar-refractivity contribution in [2.45, 2.75) is 39.7 Å². The number of H-pyrrole nitrogens is 1. The van der Waals surface area contributed by atoms with E-state index in [2.05, 4.69) is 44.7 Å². The van der Waals surface area contributed by atoms with Crippen molar-refractivity contribution >= 4 is 29.9 Å². The number of aromatic nitrogens is 3. The second-order valence-corrected chi connectivity index (χ2v) is 5.66. The first-order valence-electron chi connectivity index (χ1n) is 8.84. The summed E-state index contributed by atoms with van der Waals surface area (Å²) in [5.74, 6) is 3.01. The minimum atomic E-state index is 0. The second-order valence-electron chi connectivity index (χ2n) is 5.66. The normalized spacial score (nSPS) is 11.0. The predicted octanol–water partition coefficient (Wildman–Crippen LogP) is 3.34. The maximum atomic E-state index is 5.17. The van der Waals surface area contributed by atoms with Crippen LogP contribution in [0.1, 0.15) is 38.9 Å². The van der Waals surface area contributed by atoms with E-state index in [1.54, 1.807) is 7.11 Å². The van der Waals surface area contributed by atoms with Gasteiger partial charge in [0.15, 0.2) is 11.8 Å². The number of methoxy groups -OCH3 is 1. The monoisotopic (exact) mass is 472 g/mol. The number of aromatic amines is 1. The van der Waals surface area contributed by atoms with Gasteiger partial charge in [0.1, 0.15) is 18.1 Å². The van der Waals surface area contributed by atoms with Crippen LogP contribution in [-0.2, 0) is 6.54 Å². The van der Waals surface area contributed by atoms with Crippen LogP contribution in [0.3, 0.4) is 0 Å². The molecule has 0 aliphatic rings. The Morgan fingerprint density at radius 1 is 1.15 bits per heavy atom. The summed E-state index contributed by atoms with van der Waals surface area (Å²) in [5, 5.41) is 13.8. The summed E-state index contributed by atoms with van der Waals surface area (Å²) in [6.07, 6.45) is 3.58. The Morgan fingerprint density at radius 2 is 1.92 bits per heavy atom. The van der Waals surface area contributed by atoms with E-state index >= 15 is 0 Å². The highest BCUT2D eigenvalue weighted by Gasteiger charge is 2.06. The van der Waals surface area contributed by atoms with E-state index in [-0.39, 0.29) is 24.0 Å². The molecule has 0 unspecified atom stereocenters. The highest BCUT2D eigenvalue weighted by atomic mass is 127. The smallest absolute Gasteiger partial charge is 0.191 e. The van der Waals surface area contributed by atoms with Gasteiger partial charge in [-0.1, -0.05) is 19.8 Å². The van der Waals surface area contributed by atoms with Crippen LogP contribution in [0.4, 0.5) is 0 Å². The molecule has 144 valence electrons. The number of ether oxygens (including phenoxy) is 1. The molecule has 2 rings (SSSR count). The Kier molecular flexibility index (Phi) is 10.7. The van der Waals surface area contributed by atoms with Gasteiger partial charge in [-0.25, -0.2) is 9.98 Å². The highest BCUT2D eigenvalue weighted by molar-refractivity contribution is 14.0. The maximum absolute atomic E-state index is 5.17. The molecule has 0 fully saturated rings. The van der Waals surface area contributed by atoms with Gasteiger partial charge >= 0.3 is 0 Å². The quantitative estimate of drug-likeness (QED) is 0.226. The Balaban J connectivity index is 0.00000338. The van der Waals surface area contributed by atoms with Gasteiger partial charge in [0.25, 0.3) is 0 Å². The lowest BCUT2D eigenvalue weighted by Crippen LogP contribution is -2.37. The number of unbranched alkanes of at least 4 members (excludes halogenated alkanes) is 2. The lowest BCUT2D eigenvalue weighted by molar-refractivity contribution is 0.415. The molecular formula is C18H29IN6O. The van der Waals surface area contributed by atoms with E-state index in [9.17, 15) is 0 Å². The van der Waals surface area contributed by atoms with Crippen molar-refractivity contribution in [2.24, 2.45) is 4.99 Å². The number of halogens is 1. The van der Waals surface area contributed by atoms with Crippen LogP contribution in [0, 0.1) is 0 Å². The zero-order valence-corrected chi connectivity index (χ0v) is 18.0. The maximum Gasteiger partial charge on any atom is 0.191 e. The summed E-state index contributed by atoms with van der Waals surface area (Å²) >= 11 is 0. The predicted molar refractivity (Wildman–Crippen MR) is 116 cm³/mol. The standard InChI is InChI=1S/C18H28N6O.HI/c1-4-6-7-12-20-18(19-5-2)21-13-16-22-17(24-23-16)14-8-10-15(25-3)11-9-14;/h8-11H,4-7,12-13H2,1-3H3,(H2,19,20,21)(H,22,23,24);1H. The Labute approximate surface area is 172 Å². The lowest BCUT2D eigenvalue weighted by atomic mass is 10.2. The molecule has 0 amide bonds.